The molecule has 0 aromatic rings. The van der Waals surface area contributed by atoms with Gasteiger partial charge < -0.3 is 21.1 Å². The largest absolute Gasteiger partial charge is 0.384 e. The average molecular weight is 189 g/mol. The topological polar surface area (TPSA) is 76.4 Å². The van der Waals surface area contributed by atoms with Crippen molar-refractivity contribution in [2.24, 2.45) is 11.7 Å². The number of hydrogen-bond acceptors (Lipinski definition) is 3. The van der Waals surface area contributed by atoms with Crippen molar-refractivity contribution in [2.45, 2.75) is 6.92 Å². The molecule has 1 atom stereocenters. The van der Waals surface area contributed by atoms with Gasteiger partial charge in [0.05, 0.1) is 0 Å². The summed E-state index contributed by atoms with van der Waals surface area (Å²) in [5.74, 6) is 0.485. The van der Waals surface area contributed by atoms with Crippen LogP contribution in [0.5, 0.6) is 0 Å². The zero-order chi connectivity index (χ0) is 10.1. The first kappa shape index (κ1) is 12.2. The number of primary amides is 1. The number of carbonyl (C=O) groups excluding carboxylic acids is 1. The molecule has 0 aromatic heterocycles. The maximum absolute atomic E-state index is 10.3. The van der Waals surface area contributed by atoms with Crippen LogP contribution >= 0.6 is 0 Å². The lowest BCUT2D eigenvalue weighted by Gasteiger charge is -2.11. The third-order valence-electron chi connectivity index (χ3n) is 1.54. The van der Waals surface area contributed by atoms with Crippen LogP contribution in [0.2, 0.25) is 0 Å². The summed E-state index contributed by atoms with van der Waals surface area (Å²) in [6, 6.07) is -0.480. The fourth-order valence-corrected chi connectivity index (χ4v) is 0.966. The monoisotopic (exact) mass is 189 g/mol. The van der Waals surface area contributed by atoms with E-state index in [9.17, 15) is 4.79 Å². The highest BCUT2D eigenvalue weighted by Crippen LogP contribution is 1.90. The van der Waals surface area contributed by atoms with Gasteiger partial charge in [-0.1, -0.05) is 6.92 Å². The van der Waals surface area contributed by atoms with Gasteiger partial charge in [-0.15, -0.1) is 0 Å². The Labute approximate surface area is 79.0 Å². The molecule has 0 heterocycles. The number of methoxy groups -OCH3 is 1. The van der Waals surface area contributed by atoms with Crippen LogP contribution in [0.25, 0.3) is 0 Å². The number of carbonyl (C=O) groups is 1. The van der Waals surface area contributed by atoms with Crippen LogP contribution in [-0.2, 0) is 4.74 Å². The SMILES string of the molecule is COCC(C)CNCCNC(N)=O. The molecule has 5 heteroatoms. The van der Waals surface area contributed by atoms with E-state index in [0.717, 1.165) is 19.7 Å². The molecule has 1 unspecified atom stereocenters. The molecule has 0 saturated carbocycles. The number of urea groups is 1. The summed E-state index contributed by atoms with van der Waals surface area (Å²) in [6.07, 6.45) is 0. The van der Waals surface area contributed by atoms with Crippen molar-refractivity contribution in [1.82, 2.24) is 10.6 Å². The molecular formula is C8H19N3O2. The van der Waals surface area contributed by atoms with Crippen molar-refractivity contribution in [3.8, 4) is 0 Å². The number of amides is 2. The van der Waals surface area contributed by atoms with E-state index in [1.54, 1.807) is 7.11 Å². The zero-order valence-electron chi connectivity index (χ0n) is 8.30. The maximum Gasteiger partial charge on any atom is 0.312 e. The molecule has 0 bridgehead atoms. The third kappa shape index (κ3) is 9.10. The number of rotatable bonds is 7. The number of nitrogens with one attached hydrogen (secondary N) is 2. The third-order valence-corrected chi connectivity index (χ3v) is 1.54. The van der Waals surface area contributed by atoms with Crippen molar-refractivity contribution in [3.63, 3.8) is 0 Å². The molecule has 78 valence electrons. The molecule has 0 aliphatic rings. The lowest BCUT2D eigenvalue weighted by atomic mass is 10.2. The van der Waals surface area contributed by atoms with E-state index in [4.69, 9.17) is 10.5 Å². The summed E-state index contributed by atoms with van der Waals surface area (Å²) in [7, 11) is 1.69. The first-order chi connectivity index (χ1) is 6.16. The minimum Gasteiger partial charge on any atom is -0.384 e. The van der Waals surface area contributed by atoms with E-state index in [2.05, 4.69) is 17.6 Å². The first-order valence-electron chi connectivity index (χ1n) is 4.39. The molecular weight excluding hydrogens is 170 g/mol. The highest BCUT2D eigenvalue weighted by atomic mass is 16.5. The van der Waals surface area contributed by atoms with E-state index >= 15 is 0 Å². The first-order valence-corrected chi connectivity index (χ1v) is 4.39. The van der Waals surface area contributed by atoms with Gasteiger partial charge in [0, 0.05) is 26.8 Å². The fourth-order valence-electron chi connectivity index (χ4n) is 0.966. The molecule has 0 saturated heterocycles. The zero-order valence-corrected chi connectivity index (χ0v) is 8.30. The Balaban J connectivity index is 3.11. The summed E-state index contributed by atoms with van der Waals surface area (Å²) in [6.45, 7) is 5.02. The van der Waals surface area contributed by atoms with E-state index in [1.807, 2.05) is 0 Å². The van der Waals surface area contributed by atoms with Gasteiger partial charge in [0.1, 0.15) is 0 Å². The normalized spacial score (nSPS) is 12.5. The second-order valence-corrected chi connectivity index (χ2v) is 3.06. The molecule has 2 amide bonds. The summed E-state index contributed by atoms with van der Waals surface area (Å²) in [5, 5.41) is 5.67. The summed E-state index contributed by atoms with van der Waals surface area (Å²) >= 11 is 0. The van der Waals surface area contributed by atoms with Crippen LogP contribution < -0.4 is 16.4 Å². The van der Waals surface area contributed by atoms with E-state index in [-0.39, 0.29) is 0 Å². The van der Waals surface area contributed by atoms with Gasteiger partial charge in [-0.05, 0) is 12.5 Å². The molecule has 0 aromatic carbocycles. The van der Waals surface area contributed by atoms with Crippen LogP contribution in [0.3, 0.4) is 0 Å². The lowest BCUT2D eigenvalue weighted by molar-refractivity contribution is 0.158. The summed E-state index contributed by atoms with van der Waals surface area (Å²) in [4.78, 5) is 10.3. The second-order valence-electron chi connectivity index (χ2n) is 3.06. The van der Waals surface area contributed by atoms with Gasteiger partial charge >= 0.3 is 6.03 Å². The van der Waals surface area contributed by atoms with Crippen molar-refractivity contribution in [2.75, 3.05) is 33.4 Å². The molecule has 0 radical (unpaired) electrons. The predicted molar refractivity (Wildman–Crippen MR) is 51.5 cm³/mol. The Bertz CT molecular complexity index is 141. The van der Waals surface area contributed by atoms with Gasteiger partial charge in [0.15, 0.2) is 0 Å². The Morgan fingerprint density at radius 2 is 2.23 bits per heavy atom. The van der Waals surface area contributed by atoms with Crippen molar-refractivity contribution in [3.05, 3.63) is 0 Å². The number of ether oxygens (including phenoxy) is 1. The van der Waals surface area contributed by atoms with Gasteiger partial charge in [0.2, 0.25) is 0 Å². The summed E-state index contributed by atoms with van der Waals surface area (Å²) in [5.41, 5.74) is 4.88. The van der Waals surface area contributed by atoms with Gasteiger partial charge in [-0.25, -0.2) is 4.79 Å². The van der Waals surface area contributed by atoms with Gasteiger partial charge in [-0.3, -0.25) is 0 Å². The number of nitrogens with two attached hydrogens (primary N) is 1. The smallest absolute Gasteiger partial charge is 0.312 e. The quantitative estimate of drug-likeness (QED) is 0.474. The van der Waals surface area contributed by atoms with Gasteiger partial charge in [0.25, 0.3) is 0 Å². The van der Waals surface area contributed by atoms with Crippen molar-refractivity contribution < 1.29 is 9.53 Å². The molecule has 0 aliphatic heterocycles. The van der Waals surface area contributed by atoms with E-state index in [1.165, 1.54) is 0 Å². The van der Waals surface area contributed by atoms with Crippen LogP contribution in [0.4, 0.5) is 4.79 Å². The molecule has 0 fully saturated rings. The van der Waals surface area contributed by atoms with E-state index in [0.29, 0.717) is 12.5 Å². The minimum atomic E-state index is -0.480. The summed E-state index contributed by atoms with van der Waals surface area (Å²) < 4.78 is 4.97. The molecule has 0 spiro atoms. The molecule has 4 N–H and O–H groups in total. The maximum atomic E-state index is 10.3. The highest BCUT2D eigenvalue weighted by Gasteiger charge is 1.99. The van der Waals surface area contributed by atoms with Crippen molar-refractivity contribution >= 4 is 6.03 Å². The van der Waals surface area contributed by atoms with Crippen LogP contribution in [-0.4, -0.2) is 39.4 Å². The molecule has 0 aliphatic carbocycles. The minimum absolute atomic E-state index is 0.480. The Kier molecular flexibility index (Phi) is 7.33. The average Bonchev–Trinajstić information content (AvgIpc) is 2.03. The standard InChI is InChI=1S/C8H19N3O2/c1-7(6-13-2)5-10-3-4-11-8(9)12/h7,10H,3-6H2,1-2H3,(H3,9,11,12). The Hall–Kier alpha value is -0.810. The predicted octanol–water partition coefficient (Wildman–Crippen LogP) is -0.473. The van der Waals surface area contributed by atoms with Crippen LogP contribution in [0.1, 0.15) is 6.92 Å². The fraction of sp³-hybridized carbons (Fsp3) is 0.875. The molecule has 5 nitrogen and oxygen atoms in total. The van der Waals surface area contributed by atoms with Gasteiger partial charge in [-0.2, -0.15) is 0 Å². The van der Waals surface area contributed by atoms with Crippen molar-refractivity contribution in [1.29, 1.82) is 0 Å². The van der Waals surface area contributed by atoms with Crippen LogP contribution in [0.15, 0.2) is 0 Å². The Morgan fingerprint density at radius 1 is 1.54 bits per heavy atom. The lowest BCUT2D eigenvalue weighted by Crippen LogP contribution is -2.36. The number of hydrogen-bond donors (Lipinski definition) is 3. The molecule has 13 heavy (non-hydrogen) atoms. The molecule has 0 rings (SSSR count). The van der Waals surface area contributed by atoms with E-state index < -0.39 is 6.03 Å². The Morgan fingerprint density at radius 3 is 2.77 bits per heavy atom. The highest BCUT2D eigenvalue weighted by molar-refractivity contribution is 5.71. The second kappa shape index (κ2) is 7.82. The van der Waals surface area contributed by atoms with Crippen LogP contribution in [0, 0.1) is 5.92 Å².